The molecule has 22 heteroatoms. The fraction of sp³-hybridized carbons (Fsp3) is 0.391. The predicted octanol–water partition coefficient (Wildman–Crippen LogP) is -11.8. The van der Waals surface area contributed by atoms with Crippen LogP contribution in [0.1, 0.15) is 30.1 Å². The number of nitrogens with one attached hydrogen (secondary N) is 1. The van der Waals surface area contributed by atoms with Gasteiger partial charge in [-0.3, -0.25) is 14.5 Å². The van der Waals surface area contributed by atoms with E-state index in [0.717, 1.165) is 41.4 Å². The summed E-state index contributed by atoms with van der Waals surface area (Å²) in [7, 11) is 0. The van der Waals surface area contributed by atoms with Gasteiger partial charge < -0.3 is 45.6 Å². The molecule has 2 aliphatic rings. The zero-order valence-corrected chi connectivity index (χ0v) is 34.3. The van der Waals surface area contributed by atoms with Crippen molar-refractivity contribution in [2.45, 2.75) is 48.5 Å². The van der Waals surface area contributed by atoms with E-state index >= 15 is 0 Å². The minimum atomic E-state index is -1.90. The number of oxime groups is 1. The molecular formula is C23H21N6Na3O9S4. The van der Waals surface area contributed by atoms with Crippen LogP contribution in [0, 0.1) is 6.92 Å². The first-order chi connectivity index (χ1) is 19.7. The number of fused-ring (bicyclic) bond motifs is 1. The Balaban J connectivity index is 0.00000337. The third-order valence-corrected chi connectivity index (χ3v) is 10.3. The molecule has 3 N–H and O–H groups in total. The average molecular weight is 723 g/mol. The minimum Gasteiger partial charge on any atom is -0.550 e. The molecule has 4 rings (SSSR count). The van der Waals surface area contributed by atoms with E-state index in [0.29, 0.717) is 20.5 Å². The summed E-state index contributed by atoms with van der Waals surface area (Å²) in [5, 5.41) is 41.2. The van der Waals surface area contributed by atoms with Crippen molar-refractivity contribution in [3.05, 3.63) is 32.9 Å². The maximum Gasteiger partial charge on any atom is 1.00 e. The smallest absolute Gasteiger partial charge is 0.550 e. The number of hydrogen-bond donors (Lipinski definition) is 2. The van der Waals surface area contributed by atoms with Gasteiger partial charge in [-0.1, -0.05) is 16.9 Å². The zero-order valence-electron chi connectivity index (χ0n) is 25.0. The average Bonchev–Trinajstić information content (AvgIpc) is 3.49. The van der Waals surface area contributed by atoms with Gasteiger partial charge in [-0.25, -0.2) is 9.97 Å². The summed E-state index contributed by atoms with van der Waals surface area (Å²) < 4.78 is 0.528. The molecule has 15 nitrogen and oxygen atoms in total. The molecule has 1 saturated heterocycles. The van der Waals surface area contributed by atoms with Crippen LogP contribution in [0.5, 0.6) is 0 Å². The number of anilines is 1. The third-order valence-electron chi connectivity index (χ3n) is 5.91. The van der Waals surface area contributed by atoms with Gasteiger partial charge in [0.1, 0.15) is 17.1 Å². The van der Waals surface area contributed by atoms with Crippen molar-refractivity contribution in [3.8, 4) is 0 Å². The van der Waals surface area contributed by atoms with Gasteiger partial charge in [0.25, 0.3) is 11.8 Å². The summed E-state index contributed by atoms with van der Waals surface area (Å²) in [4.78, 5) is 75.4. The van der Waals surface area contributed by atoms with E-state index in [-0.39, 0.29) is 123 Å². The standard InChI is InChI=1S/C23H24N6O9S4.3Na/c1-8-11(4-12(30)31)42-22(25-8)41-6-9-5-39-18-14(17(33)29(18)15(9)19(34)35)27-16(32)13(10-7-40-21(24)26-10)28-38-23(2,3)20(36)37;;;/h7,14,18H,4-6H2,1-3H3,(H2,24,26)(H,27,32)(H,30,31)(H,34,35)(H,36,37);;;/q;3*+1/p-3/b28-13+;;;/t14-,18-;;;/m1.../s1. The summed E-state index contributed by atoms with van der Waals surface area (Å²) >= 11 is 4.56. The third kappa shape index (κ3) is 9.93. The molecule has 4 heterocycles. The van der Waals surface area contributed by atoms with Crippen LogP contribution < -0.4 is 115 Å². The van der Waals surface area contributed by atoms with Crippen molar-refractivity contribution < 1.29 is 133 Å². The molecular weight excluding hydrogens is 702 g/mol. The van der Waals surface area contributed by atoms with Crippen molar-refractivity contribution in [2.24, 2.45) is 5.16 Å². The van der Waals surface area contributed by atoms with Crippen molar-refractivity contribution in [1.82, 2.24) is 20.2 Å². The first-order valence-corrected chi connectivity index (χ1v) is 15.6. The number of aromatic nitrogens is 2. The number of nitrogen functional groups attached to an aromatic ring is 1. The van der Waals surface area contributed by atoms with E-state index in [2.05, 4.69) is 20.4 Å². The zero-order chi connectivity index (χ0) is 30.9. The number of carbonyl (C=O) groups is 5. The summed E-state index contributed by atoms with van der Waals surface area (Å²) in [5.74, 6) is -5.70. The van der Waals surface area contributed by atoms with E-state index in [1.54, 1.807) is 6.92 Å². The fourth-order valence-electron chi connectivity index (χ4n) is 3.70. The summed E-state index contributed by atoms with van der Waals surface area (Å²) in [5.41, 5.74) is 3.89. The maximum absolute atomic E-state index is 13.2. The molecule has 0 aromatic carbocycles. The number of carboxylic acids is 3. The van der Waals surface area contributed by atoms with Crippen LogP contribution in [-0.4, -0.2) is 78.8 Å². The molecule has 2 amide bonds. The fourth-order valence-corrected chi connectivity index (χ4v) is 7.95. The van der Waals surface area contributed by atoms with Gasteiger partial charge >= 0.3 is 88.7 Å². The SMILES string of the molecule is Cc1nc(SCC2=C(C(=O)[O-])N3C(=O)[C@@H](NC(=O)/C(=N/OC(C)(C)C(=O)[O-])c4csc(N)n4)[C@H]3SC2)sc1CC(=O)[O-].[Na+].[Na+].[Na+]. The van der Waals surface area contributed by atoms with E-state index in [9.17, 15) is 39.3 Å². The second kappa shape index (κ2) is 17.6. The number of β-lactam (4-membered cyclic amide) rings is 1. The van der Waals surface area contributed by atoms with Crippen molar-refractivity contribution in [1.29, 1.82) is 0 Å². The number of aliphatic carboxylic acids is 3. The van der Waals surface area contributed by atoms with Crippen molar-refractivity contribution in [3.63, 3.8) is 0 Å². The maximum atomic E-state index is 13.2. The number of nitrogens with two attached hydrogens (primary N) is 1. The van der Waals surface area contributed by atoms with Crippen LogP contribution in [0.4, 0.5) is 5.13 Å². The molecule has 0 unspecified atom stereocenters. The molecule has 1 fully saturated rings. The molecule has 0 spiro atoms. The molecule has 2 aliphatic heterocycles. The molecule has 0 radical (unpaired) electrons. The second-order valence-corrected chi connectivity index (χ2v) is 13.6. The summed E-state index contributed by atoms with van der Waals surface area (Å²) in [6.07, 6.45) is -0.285. The molecule has 2 aromatic rings. The Morgan fingerprint density at radius 3 is 2.42 bits per heavy atom. The van der Waals surface area contributed by atoms with Gasteiger partial charge in [0.2, 0.25) is 0 Å². The monoisotopic (exact) mass is 722 g/mol. The Morgan fingerprint density at radius 1 is 1.20 bits per heavy atom. The second-order valence-electron chi connectivity index (χ2n) is 9.33. The van der Waals surface area contributed by atoms with Gasteiger partial charge in [-0.05, 0) is 26.3 Å². The van der Waals surface area contributed by atoms with Crippen LogP contribution in [0.2, 0.25) is 0 Å². The normalized spacial score (nSPS) is 17.5. The van der Waals surface area contributed by atoms with Gasteiger partial charge in [0.05, 0.1) is 23.3 Å². The van der Waals surface area contributed by atoms with Crippen LogP contribution in [0.3, 0.4) is 0 Å². The summed E-state index contributed by atoms with van der Waals surface area (Å²) in [6.45, 7) is 3.98. The van der Waals surface area contributed by atoms with Crippen molar-refractivity contribution >= 4 is 86.8 Å². The van der Waals surface area contributed by atoms with Gasteiger partial charge in [-0.2, -0.15) is 0 Å². The molecule has 2 aromatic heterocycles. The van der Waals surface area contributed by atoms with Gasteiger partial charge in [0.15, 0.2) is 20.8 Å². The Kier molecular flexibility index (Phi) is 16.6. The first kappa shape index (κ1) is 42.3. The molecule has 0 saturated carbocycles. The summed E-state index contributed by atoms with van der Waals surface area (Å²) in [6, 6.07) is -1.14. The van der Waals surface area contributed by atoms with E-state index in [4.69, 9.17) is 10.6 Å². The molecule has 45 heavy (non-hydrogen) atoms. The minimum absolute atomic E-state index is 0. The van der Waals surface area contributed by atoms with Crippen LogP contribution in [0.15, 0.2) is 26.1 Å². The number of amides is 2. The Bertz CT molecular complexity index is 1550. The molecule has 0 aliphatic carbocycles. The number of thioether (sulfide) groups is 2. The molecule has 2 atom stereocenters. The number of carbonyl (C=O) groups excluding carboxylic acids is 5. The molecule has 224 valence electrons. The predicted molar refractivity (Wildman–Crippen MR) is 147 cm³/mol. The number of aryl methyl sites for hydroxylation is 1. The Morgan fingerprint density at radius 2 is 1.87 bits per heavy atom. The Hall–Kier alpha value is -0.680. The van der Waals surface area contributed by atoms with Crippen LogP contribution >= 0.6 is 46.2 Å². The Labute approximate surface area is 339 Å². The van der Waals surface area contributed by atoms with Gasteiger partial charge in [0, 0.05) is 34.2 Å². The van der Waals surface area contributed by atoms with E-state index in [1.165, 1.54) is 28.9 Å². The largest absolute Gasteiger partial charge is 1.00 e. The quantitative estimate of drug-likeness (QED) is 0.0680. The van der Waals surface area contributed by atoms with E-state index < -0.39 is 52.5 Å². The number of carboxylic acid groups (broad SMARTS) is 3. The molecule has 0 bridgehead atoms. The van der Waals surface area contributed by atoms with Crippen molar-refractivity contribution in [2.75, 3.05) is 17.2 Å². The van der Waals surface area contributed by atoms with E-state index in [1.807, 2.05) is 0 Å². The van der Waals surface area contributed by atoms with Crippen LogP contribution in [-0.2, 0) is 35.2 Å². The van der Waals surface area contributed by atoms with Gasteiger partial charge in [-0.15, -0.1) is 34.4 Å². The number of rotatable bonds is 12. The van der Waals surface area contributed by atoms with Crippen LogP contribution in [0.25, 0.3) is 0 Å². The number of hydrogen-bond acceptors (Lipinski definition) is 17. The first-order valence-electron chi connectivity index (χ1n) is 11.9. The number of thiazole rings is 2. The topological polar surface area (TPSA) is 243 Å². The number of nitrogens with zero attached hydrogens (tertiary/aromatic N) is 4.